The van der Waals surface area contributed by atoms with Crippen molar-refractivity contribution in [2.75, 3.05) is 5.75 Å². The largest absolute Gasteiger partial charge is 0.462 e. The van der Waals surface area contributed by atoms with Crippen LogP contribution < -0.4 is 4.74 Å². The van der Waals surface area contributed by atoms with Crippen molar-refractivity contribution in [2.24, 2.45) is 0 Å². The number of hydrogen-bond donors (Lipinski definition) is 1. The van der Waals surface area contributed by atoms with Gasteiger partial charge in [0.15, 0.2) is 9.84 Å². The first-order valence-electron chi connectivity index (χ1n) is 10.6. The number of nitrogens with zero attached hydrogens (tertiary/aromatic N) is 1. The molecule has 0 radical (unpaired) electrons. The molecule has 0 aliphatic heterocycles. The summed E-state index contributed by atoms with van der Waals surface area (Å²) in [4.78, 5) is 0. The summed E-state index contributed by atoms with van der Waals surface area (Å²) in [6.07, 6.45) is 6.37. The fraction of sp³-hybridized carbons (Fsp3) is 0.440. The number of allylic oxidation sites excluding steroid dienone is 5. The summed E-state index contributed by atoms with van der Waals surface area (Å²) in [6.45, 7) is 12.0. The Hall–Kier alpha value is -2.72. The van der Waals surface area contributed by atoms with Crippen molar-refractivity contribution >= 4 is 15.5 Å². The molecule has 174 valence electrons. The molecule has 0 bridgehead atoms. The van der Waals surface area contributed by atoms with Crippen molar-refractivity contribution in [1.29, 1.82) is 10.7 Å². The lowest BCUT2D eigenvalue weighted by atomic mass is 10.0. The van der Waals surface area contributed by atoms with E-state index < -0.39 is 26.3 Å². The molecular weight excluding hydrogens is 427 g/mol. The van der Waals surface area contributed by atoms with Crippen LogP contribution in [0.3, 0.4) is 0 Å². The summed E-state index contributed by atoms with van der Waals surface area (Å²) in [5, 5.41) is 17.3. The van der Waals surface area contributed by atoms with Crippen LogP contribution in [0.5, 0.6) is 5.75 Å². The van der Waals surface area contributed by atoms with Gasteiger partial charge in [0.2, 0.25) is 0 Å². The van der Waals surface area contributed by atoms with E-state index in [-0.39, 0.29) is 17.0 Å². The zero-order valence-electron chi connectivity index (χ0n) is 19.5. The molecule has 0 saturated heterocycles. The van der Waals surface area contributed by atoms with Gasteiger partial charge in [0.05, 0.1) is 17.4 Å². The molecule has 1 rings (SSSR count). The number of nitrogens with one attached hydrogen (secondary N) is 1. The number of hydrogen-bond acceptors (Lipinski definition) is 5. The second-order valence-electron chi connectivity index (χ2n) is 8.14. The van der Waals surface area contributed by atoms with Crippen molar-refractivity contribution in [3.05, 3.63) is 65.7 Å². The first kappa shape index (κ1) is 27.3. The molecule has 0 aromatic heterocycles. The van der Waals surface area contributed by atoms with Crippen LogP contribution in [-0.4, -0.2) is 24.6 Å². The first-order valence-corrected chi connectivity index (χ1v) is 12.3. The number of halogens is 1. The van der Waals surface area contributed by atoms with Crippen LogP contribution in [0.4, 0.5) is 4.39 Å². The molecule has 5 nitrogen and oxygen atoms in total. The maximum Gasteiger partial charge on any atom is 0.161 e. The molecule has 0 heterocycles. The normalized spacial score (nSPS) is 13.9. The zero-order chi connectivity index (χ0) is 24.5. The van der Waals surface area contributed by atoms with Gasteiger partial charge in [-0.2, -0.15) is 5.26 Å². The van der Waals surface area contributed by atoms with Crippen LogP contribution in [0.2, 0.25) is 0 Å². The van der Waals surface area contributed by atoms with E-state index in [9.17, 15) is 18.1 Å². The Morgan fingerprint density at radius 1 is 1.38 bits per heavy atom. The van der Waals surface area contributed by atoms with E-state index in [0.717, 1.165) is 6.42 Å². The average molecular weight is 461 g/mol. The van der Waals surface area contributed by atoms with Gasteiger partial charge in [0.1, 0.15) is 22.1 Å². The van der Waals surface area contributed by atoms with E-state index in [1.807, 2.05) is 6.92 Å². The highest BCUT2D eigenvalue weighted by molar-refractivity contribution is 7.93. The summed E-state index contributed by atoms with van der Waals surface area (Å²) in [6, 6.07) is 6.29. The smallest absolute Gasteiger partial charge is 0.161 e. The minimum atomic E-state index is -3.70. The van der Waals surface area contributed by atoms with E-state index in [0.29, 0.717) is 29.9 Å². The second-order valence-corrected chi connectivity index (χ2v) is 10.7. The summed E-state index contributed by atoms with van der Waals surface area (Å²) in [5.41, 5.74) is 0.728. The molecule has 7 heteroatoms. The minimum Gasteiger partial charge on any atom is -0.462 e. The third-order valence-corrected chi connectivity index (χ3v) is 8.05. The molecule has 0 amide bonds. The molecule has 0 spiro atoms. The van der Waals surface area contributed by atoms with Gasteiger partial charge >= 0.3 is 0 Å². The minimum absolute atomic E-state index is 0.123. The maximum absolute atomic E-state index is 14.6. The van der Waals surface area contributed by atoms with Gasteiger partial charge in [-0.25, -0.2) is 12.8 Å². The van der Waals surface area contributed by atoms with Gasteiger partial charge < -0.3 is 10.1 Å². The predicted octanol–water partition coefficient (Wildman–Crippen LogP) is 6.25. The number of sulfone groups is 1. The Labute approximate surface area is 191 Å². The zero-order valence-corrected chi connectivity index (χ0v) is 20.4. The molecule has 1 aromatic rings. The van der Waals surface area contributed by atoms with Gasteiger partial charge in [-0.1, -0.05) is 33.4 Å². The fourth-order valence-corrected chi connectivity index (χ4v) is 4.95. The van der Waals surface area contributed by atoms with Crippen molar-refractivity contribution < 1.29 is 17.5 Å². The van der Waals surface area contributed by atoms with Crippen LogP contribution in [0.15, 0.2) is 54.3 Å². The van der Waals surface area contributed by atoms with Gasteiger partial charge in [-0.15, -0.1) is 0 Å². The van der Waals surface area contributed by atoms with Gasteiger partial charge in [0, 0.05) is 12.1 Å². The van der Waals surface area contributed by atoms with Crippen molar-refractivity contribution in [1.82, 2.24) is 0 Å². The number of benzene rings is 1. The first-order chi connectivity index (χ1) is 14.9. The molecule has 1 N–H and O–H groups in total. The highest BCUT2D eigenvalue weighted by atomic mass is 32.2. The second kappa shape index (κ2) is 11.8. The molecule has 1 aromatic carbocycles. The highest BCUT2D eigenvalue weighted by Crippen LogP contribution is 2.30. The van der Waals surface area contributed by atoms with Crippen LogP contribution in [0, 0.1) is 22.6 Å². The summed E-state index contributed by atoms with van der Waals surface area (Å²) in [7, 11) is -3.70. The Morgan fingerprint density at radius 2 is 2.03 bits per heavy atom. The maximum atomic E-state index is 14.6. The van der Waals surface area contributed by atoms with Crippen LogP contribution in [0.1, 0.15) is 65.4 Å². The van der Waals surface area contributed by atoms with Gasteiger partial charge in [-0.05, 0) is 68.5 Å². The van der Waals surface area contributed by atoms with Crippen molar-refractivity contribution in [3.8, 4) is 11.8 Å². The van der Waals surface area contributed by atoms with Crippen LogP contribution in [0.25, 0.3) is 0 Å². The third kappa shape index (κ3) is 6.89. The molecule has 1 atom stereocenters. The average Bonchev–Trinajstić information content (AvgIpc) is 2.73. The van der Waals surface area contributed by atoms with E-state index in [4.69, 9.17) is 10.1 Å². The quantitative estimate of drug-likeness (QED) is 0.173. The SMILES string of the molecule is C=C/C=C(C#N)\C=C(/CCC)Oc1ccc(F)c([C@H](C)CS(=O)(=O)C(C)(C)C(=N)CC)c1. The topological polar surface area (TPSA) is 91.0 Å². The van der Waals surface area contributed by atoms with E-state index in [2.05, 4.69) is 12.6 Å². The summed E-state index contributed by atoms with van der Waals surface area (Å²) in [5.74, 6) is -0.546. The van der Waals surface area contributed by atoms with E-state index in [1.54, 1.807) is 26.0 Å². The van der Waals surface area contributed by atoms with Crippen LogP contribution >= 0.6 is 0 Å². The van der Waals surface area contributed by atoms with E-state index in [1.165, 1.54) is 38.1 Å². The molecule has 0 fully saturated rings. The fourth-order valence-electron chi connectivity index (χ4n) is 3.17. The summed E-state index contributed by atoms with van der Waals surface area (Å²) >= 11 is 0. The molecule has 0 saturated carbocycles. The molecule has 0 unspecified atom stereocenters. The lowest BCUT2D eigenvalue weighted by Crippen LogP contribution is -2.42. The third-order valence-electron chi connectivity index (χ3n) is 5.31. The molecule has 0 aliphatic carbocycles. The molecule has 32 heavy (non-hydrogen) atoms. The van der Waals surface area contributed by atoms with Crippen molar-refractivity contribution in [3.63, 3.8) is 0 Å². The van der Waals surface area contributed by atoms with Crippen LogP contribution in [-0.2, 0) is 9.84 Å². The predicted molar refractivity (Wildman–Crippen MR) is 128 cm³/mol. The Morgan fingerprint density at radius 3 is 2.56 bits per heavy atom. The molecular formula is C25H33FN2O3S. The summed E-state index contributed by atoms with van der Waals surface area (Å²) < 4.78 is 45.1. The highest BCUT2D eigenvalue weighted by Gasteiger charge is 2.38. The van der Waals surface area contributed by atoms with Gasteiger partial charge in [-0.3, -0.25) is 0 Å². The number of ether oxygens (including phenoxy) is 1. The monoisotopic (exact) mass is 460 g/mol. The van der Waals surface area contributed by atoms with Gasteiger partial charge in [0.25, 0.3) is 0 Å². The van der Waals surface area contributed by atoms with Crippen molar-refractivity contribution in [2.45, 2.75) is 64.5 Å². The Bertz CT molecular complexity index is 1050. The number of nitriles is 1. The van der Waals surface area contributed by atoms with E-state index >= 15 is 0 Å². The Kier molecular flexibility index (Phi) is 10.0. The standard InChI is InChI=1S/C25H33FN2O3S/c1-7-10-19(16-27)14-20(11-8-2)31-21-12-13-23(26)22(15-21)18(4)17-32(29,30)25(5,6)24(28)9-3/h7,10,12-15,18,28H,1,8-9,11,17H2,2-6H3/b19-10+,20-14+,28-24?/t18-/m1/s1. The molecule has 0 aliphatic rings. The lowest BCUT2D eigenvalue weighted by Gasteiger charge is -2.27. The lowest BCUT2D eigenvalue weighted by molar-refractivity contribution is 0.399. The number of rotatable bonds is 12. The Balaban J connectivity index is 3.25.